The summed E-state index contributed by atoms with van der Waals surface area (Å²) in [5, 5.41) is 12.1. The third kappa shape index (κ3) is 5.17. The molecule has 5 heteroatoms. The van der Waals surface area contributed by atoms with E-state index in [2.05, 4.69) is 36.5 Å². The fourth-order valence-corrected chi connectivity index (χ4v) is 3.48. The van der Waals surface area contributed by atoms with E-state index in [1.807, 2.05) is 0 Å². The van der Waals surface area contributed by atoms with Crippen molar-refractivity contribution in [3.05, 3.63) is 70.8 Å². The predicted molar refractivity (Wildman–Crippen MR) is 103 cm³/mol. The Kier molecular flexibility index (Phi) is 6.24. The summed E-state index contributed by atoms with van der Waals surface area (Å²) >= 11 is 0. The first kappa shape index (κ1) is 19.1. The van der Waals surface area contributed by atoms with Gasteiger partial charge in [0.15, 0.2) is 0 Å². The zero-order valence-corrected chi connectivity index (χ0v) is 15.5. The van der Waals surface area contributed by atoms with Crippen LogP contribution in [0.4, 0.5) is 0 Å². The van der Waals surface area contributed by atoms with E-state index in [1.165, 1.54) is 11.6 Å². The molecule has 2 aromatic rings. The Balaban J connectivity index is 1.58. The molecule has 1 heterocycles. The van der Waals surface area contributed by atoms with Crippen LogP contribution in [0.5, 0.6) is 0 Å². The quantitative estimate of drug-likeness (QED) is 0.819. The number of carbonyl (C=O) groups excluding carboxylic acids is 1. The van der Waals surface area contributed by atoms with Crippen LogP contribution in [-0.4, -0.2) is 30.1 Å². The minimum Gasteiger partial charge on any atom is -0.478 e. The summed E-state index contributed by atoms with van der Waals surface area (Å²) in [6.07, 6.45) is 2.16. The summed E-state index contributed by atoms with van der Waals surface area (Å²) in [5.41, 5.74) is 3.25. The molecule has 1 amide bonds. The van der Waals surface area contributed by atoms with Gasteiger partial charge in [0.2, 0.25) is 5.91 Å². The molecule has 2 unspecified atom stereocenters. The van der Waals surface area contributed by atoms with Crippen molar-refractivity contribution < 1.29 is 19.4 Å². The second kappa shape index (κ2) is 8.82. The van der Waals surface area contributed by atoms with Gasteiger partial charge in [0.1, 0.15) is 0 Å². The monoisotopic (exact) mass is 367 g/mol. The van der Waals surface area contributed by atoms with Crippen LogP contribution in [-0.2, 0) is 16.0 Å². The second-order valence-corrected chi connectivity index (χ2v) is 7.09. The van der Waals surface area contributed by atoms with Crippen molar-refractivity contribution in [2.24, 2.45) is 5.92 Å². The summed E-state index contributed by atoms with van der Waals surface area (Å²) in [6.45, 7) is 3.35. The number of benzene rings is 2. The Labute approximate surface area is 159 Å². The van der Waals surface area contributed by atoms with Crippen LogP contribution in [0.1, 0.15) is 46.0 Å². The Morgan fingerprint density at radius 2 is 1.96 bits per heavy atom. The van der Waals surface area contributed by atoms with Gasteiger partial charge in [0.25, 0.3) is 0 Å². The number of hydrogen-bond donors (Lipinski definition) is 2. The van der Waals surface area contributed by atoms with Gasteiger partial charge in [-0.05, 0) is 43.0 Å². The lowest BCUT2D eigenvalue weighted by atomic mass is 9.89. The van der Waals surface area contributed by atoms with Crippen LogP contribution in [0.2, 0.25) is 0 Å². The molecule has 2 aromatic carbocycles. The summed E-state index contributed by atoms with van der Waals surface area (Å²) in [7, 11) is 0. The maximum Gasteiger partial charge on any atom is 0.335 e. The van der Waals surface area contributed by atoms with E-state index < -0.39 is 5.97 Å². The first-order valence-corrected chi connectivity index (χ1v) is 9.30. The molecule has 1 aliphatic rings. The molecule has 27 heavy (non-hydrogen) atoms. The Morgan fingerprint density at radius 1 is 1.19 bits per heavy atom. The minimum atomic E-state index is -0.988. The zero-order valence-electron chi connectivity index (χ0n) is 15.5. The van der Waals surface area contributed by atoms with Gasteiger partial charge >= 0.3 is 5.97 Å². The Morgan fingerprint density at radius 3 is 2.70 bits per heavy atom. The lowest BCUT2D eigenvalue weighted by Gasteiger charge is -2.32. The number of amides is 1. The third-order valence-corrected chi connectivity index (χ3v) is 4.95. The molecule has 2 atom stereocenters. The van der Waals surface area contributed by atoms with Gasteiger partial charge < -0.3 is 15.2 Å². The molecule has 0 bridgehead atoms. The highest BCUT2D eigenvalue weighted by Gasteiger charge is 2.27. The summed E-state index contributed by atoms with van der Waals surface area (Å²) in [4.78, 5) is 23.4. The SMILES string of the molecule is Cc1ccc(C2OCCCC2CNC(=O)Cc2cccc(C(=O)O)c2)cc1. The van der Waals surface area contributed by atoms with Gasteiger partial charge in [0.05, 0.1) is 18.1 Å². The van der Waals surface area contributed by atoms with E-state index in [0.717, 1.165) is 25.0 Å². The van der Waals surface area contributed by atoms with Crippen molar-refractivity contribution in [1.82, 2.24) is 5.32 Å². The van der Waals surface area contributed by atoms with Gasteiger partial charge in [-0.25, -0.2) is 4.79 Å². The zero-order chi connectivity index (χ0) is 19.2. The predicted octanol–water partition coefficient (Wildman–Crippen LogP) is 3.52. The summed E-state index contributed by atoms with van der Waals surface area (Å²) in [5.74, 6) is -0.862. The molecule has 2 N–H and O–H groups in total. The highest BCUT2D eigenvalue weighted by molar-refractivity contribution is 5.88. The van der Waals surface area contributed by atoms with Crippen LogP contribution >= 0.6 is 0 Å². The van der Waals surface area contributed by atoms with Crippen molar-refractivity contribution >= 4 is 11.9 Å². The molecule has 0 aromatic heterocycles. The molecular weight excluding hydrogens is 342 g/mol. The minimum absolute atomic E-state index is 0.00464. The van der Waals surface area contributed by atoms with E-state index >= 15 is 0 Å². The standard InChI is InChI=1S/C22H25NO4/c1-15-7-9-17(10-8-15)21-19(6-3-11-27-21)14-23-20(24)13-16-4-2-5-18(12-16)22(25)26/h2,4-5,7-10,12,19,21H,3,6,11,13-14H2,1H3,(H,23,24)(H,25,26). The number of carboxylic acid groups (broad SMARTS) is 1. The van der Waals surface area contributed by atoms with Crippen molar-refractivity contribution in [2.45, 2.75) is 32.3 Å². The highest BCUT2D eigenvalue weighted by atomic mass is 16.5. The second-order valence-electron chi connectivity index (χ2n) is 7.09. The number of rotatable bonds is 6. The highest BCUT2D eigenvalue weighted by Crippen LogP contribution is 2.33. The normalized spacial score (nSPS) is 19.4. The van der Waals surface area contributed by atoms with E-state index in [9.17, 15) is 9.59 Å². The van der Waals surface area contributed by atoms with Gasteiger partial charge in [-0.2, -0.15) is 0 Å². The number of nitrogens with one attached hydrogen (secondary N) is 1. The molecule has 142 valence electrons. The lowest BCUT2D eigenvalue weighted by molar-refractivity contribution is -0.121. The topological polar surface area (TPSA) is 75.6 Å². The Hall–Kier alpha value is -2.66. The van der Waals surface area contributed by atoms with Gasteiger partial charge in [-0.3, -0.25) is 4.79 Å². The number of ether oxygens (including phenoxy) is 1. The van der Waals surface area contributed by atoms with Crippen LogP contribution in [0.25, 0.3) is 0 Å². The maximum atomic E-state index is 12.3. The first-order valence-electron chi connectivity index (χ1n) is 9.30. The molecule has 1 aliphatic heterocycles. The van der Waals surface area contributed by atoms with Crippen molar-refractivity contribution in [3.8, 4) is 0 Å². The molecular formula is C22H25NO4. The van der Waals surface area contributed by atoms with Crippen LogP contribution in [0.15, 0.2) is 48.5 Å². The van der Waals surface area contributed by atoms with E-state index in [1.54, 1.807) is 18.2 Å². The molecule has 0 spiro atoms. The Bertz CT molecular complexity index is 800. The van der Waals surface area contributed by atoms with E-state index in [0.29, 0.717) is 12.1 Å². The van der Waals surface area contributed by atoms with Crippen LogP contribution in [0, 0.1) is 12.8 Å². The maximum absolute atomic E-state index is 12.3. The number of aromatic carboxylic acids is 1. The van der Waals surface area contributed by atoms with Crippen molar-refractivity contribution in [1.29, 1.82) is 0 Å². The average molecular weight is 367 g/mol. The lowest BCUT2D eigenvalue weighted by Crippen LogP contribution is -2.35. The molecule has 0 radical (unpaired) electrons. The van der Waals surface area contributed by atoms with Crippen molar-refractivity contribution in [2.75, 3.05) is 13.2 Å². The van der Waals surface area contributed by atoms with E-state index in [-0.39, 0.29) is 29.9 Å². The molecule has 1 fully saturated rings. The number of carboxylic acids is 1. The molecule has 5 nitrogen and oxygen atoms in total. The molecule has 1 saturated heterocycles. The van der Waals surface area contributed by atoms with Gasteiger partial charge in [-0.1, -0.05) is 42.0 Å². The van der Waals surface area contributed by atoms with Gasteiger partial charge in [0, 0.05) is 19.1 Å². The van der Waals surface area contributed by atoms with Crippen LogP contribution < -0.4 is 5.32 Å². The third-order valence-electron chi connectivity index (χ3n) is 4.95. The number of carbonyl (C=O) groups is 2. The molecule has 0 saturated carbocycles. The molecule has 0 aliphatic carbocycles. The number of aryl methyl sites for hydroxylation is 1. The van der Waals surface area contributed by atoms with Crippen LogP contribution in [0.3, 0.4) is 0 Å². The van der Waals surface area contributed by atoms with E-state index in [4.69, 9.17) is 9.84 Å². The fraction of sp³-hybridized carbons (Fsp3) is 0.364. The molecule has 3 rings (SSSR count). The first-order chi connectivity index (χ1) is 13.0. The number of hydrogen-bond acceptors (Lipinski definition) is 3. The largest absolute Gasteiger partial charge is 0.478 e. The summed E-state index contributed by atoms with van der Waals surface area (Å²) < 4.78 is 5.99. The van der Waals surface area contributed by atoms with Gasteiger partial charge in [-0.15, -0.1) is 0 Å². The van der Waals surface area contributed by atoms with Crippen molar-refractivity contribution in [3.63, 3.8) is 0 Å². The summed E-state index contributed by atoms with van der Waals surface area (Å²) in [6, 6.07) is 14.8. The smallest absolute Gasteiger partial charge is 0.335 e. The fourth-order valence-electron chi connectivity index (χ4n) is 3.48. The average Bonchev–Trinajstić information content (AvgIpc) is 2.67.